The van der Waals surface area contributed by atoms with Gasteiger partial charge >= 0.3 is 0 Å². The number of rotatable bonds is 6. The van der Waals surface area contributed by atoms with Crippen molar-refractivity contribution >= 4 is 11.8 Å². The minimum Gasteiger partial charge on any atom is -0.356 e. The molecule has 1 aromatic heterocycles. The fraction of sp³-hybridized carbons (Fsp3) is 0.500. The van der Waals surface area contributed by atoms with E-state index in [1.165, 1.54) is 0 Å². The molecule has 29 heavy (non-hydrogen) atoms. The fourth-order valence-corrected chi connectivity index (χ4v) is 4.03. The largest absolute Gasteiger partial charge is 0.356 e. The van der Waals surface area contributed by atoms with Crippen molar-refractivity contribution in [2.45, 2.75) is 58.0 Å². The van der Waals surface area contributed by atoms with Crippen LogP contribution in [0.5, 0.6) is 0 Å². The minimum absolute atomic E-state index is 0.0341. The molecule has 1 saturated carbocycles. The molecule has 0 spiro atoms. The first-order chi connectivity index (χ1) is 14.0. The summed E-state index contributed by atoms with van der Waals surface area (Å²) in [7, 11) is 1.79. The van der Waals surface area contributed by atoms with E-state index in [4.69, 9.17) is 4.74 Å². The zero-order valence-electron chi connectivity index (χ0n) is 17.2. The zero-order valence-corrected chi connectivity index (χ0v) is 17.2. The lowest BCUT2D eigenvalue weighted by molar-refractivity contribution is -0.170. The summed E-state index contributed by atoms with van der Waals surface area (Å²) in [6.07, 6.45) is 3.25. The van der Waals surface area contributed by atoms with E-state index in [-0.39, 0.29) is 30.5 Å². The first-order valence-corrected chi connectivity index (χ1v) is 10.2. The molecule has 154 valence electrons. The zero-order chi connectivity index (χ0) is 20.5. The number of nitrogens with zero attached hydrogens (tertiary/aromatic N) is 4. The highest BCUT2D eigenvalue weighted by Gasteiger charge is 2.48. The number of carbonyl (C=O) groups excluding carboxylic acids is 2. The number of hydrogen-bond donors (Lipinski definition) is 0. The van der Waals surface area contributed by atoms with Crippen LogP contribution in [0.2, 0.25) is 0 Å². The van der Waals surface area contributed by atoms with E-state index in [0.717, 1.165) is 36.2 Å². The second-order valence-corrected chi connectivity index (χ2v) is 7.91. The van der Waals surface area contributed by atoms with E-state index in [2.05, 4.69) is 5.10 Å². The van der Waals surface area contributed by atoms with Gasteiger partial charge < -0.3 is 14.5 Å². The molecular weight excluding hydrogens is 368 g/mol. The molecule has 7 heteroatoms. The average molecular weight is 396 g/mol. The number of morpholine rings is 1. The van der Waals surface area contributed by atoms with Crippen LogP contribution in [-0.2, 0) is 27.4 Å². The molecule has 1 saturated heterocycles. The summed E-state index contributed by atoms with van der Waals surface area (Å²) < 4.78 is 7.71. The van der Waals surface area contributed by atoms with Crippen LogP contribution < -0.4 is 0 Å². The molecule has 7 nitrogen and oxygen atoms in total. The Morgan fingerprint density at radius 1 is 1.28 bits per heavy atom. The third kappa shape index (κ3) is 3.92. The van der Waals surface area contributed by atoms with Crippen LogP contribution >= 0.6 is 0 Å². The summed E-state index contributed by atoms with van der Waals surface area (Å²) in [5.41, 5.74) is 2.88. The molecule has 2 aromatic rings. The molecule has 4 rings (SSSR count). The molecule has 2 amide bonds. The summed E-state index contributed by atoms with van der Waals surface area (Å²) in [6, 6.07) is 9.57. The highest BCUT2D eigenvalue weighted by molar-refractivity contribution is 5.86. The van der Waals surface area contributed by atoms with Gasteiger partial charge in [0.15, 0.2) is 6.10 Å². The highest BCUT2D eigenvalue weighted by Crippen LogP contribution is 2.39. The lowest BCUT2D eigenvalue weighted by Gasteiger charge is -2.42. The number of benzene rings is 1. The van der Waals surface area contributed by atoms with Crippen LogP contribution in [0, 0.1) is 6.92 Å². The maximum atomic E-state index is 13.4. The van der Waals surface area contributed by atoms with Crippen molar-refractivity contribution < 1.29 is 14.3 Å². The number of amides is 2. The van der Waals surface area contributed by atoms with E-state index >= 15 is 0 Å². The maximum Gasteiger partial charge on any atom is 0.254 e. The Balaban J connectivity index is 1.59. The molecule has 1 aliphatic heterocycles. The predicted octanol–water partition coefficient (Wildman–Crippen LogP) is 2.30. The number of aromatic nitrogens is 2. The van der Waals surface area contributed by atoms with Crippen molar-refractivity contribution in [1.29, 1.82) is 0 Å². The van der Waals surface area contributed by atoms with Gasteiger partial charge in [-0.1, -0.05) is 30.3 Å². The first-order valence-electron chi connectivity index (χ1n) is 10.2. The summed E-state index contributed by atoms with van der Waals surface area (Å²) in [4.78, 5) is 29.6. The number of likely N-dealkylation sites (N-methyl/N-ethyl adjacent to an activating group) is 1. The fourth-order valence-electron chi connectivity index (χ4n) is 4.03. The van der Waals surface area contributed by atoms with Gasteiger partial charge in [0, 0.05) is 37.9 Å². The highest BCUT2D eigenvalue weighted by atomic mass is 16.5. The molecule has 2 atom stereocenters. The third-order valence-corrected chi connectivity index (χ3v) is 5.74. The van der Waals surface area contributed by atoms with Crippen LogP contribution in [0.4, 0.5) is 0 Å². The van der Waals surface area contributed by atoms with Crippen molar-refractivity contribution in [3.63, 3.8) is 0 Å². The number of aryl methyl sites for hydroxylation is 2. The Morgan fingerprint density at radius 3 is 2.62 bits per heavy atom. The van der Waals surface area contributed by atoms with E-state index in [9.17, 15) is 9.59 Å². The van der Waals surface area contributed by atoms with E-state index in [0.29, 0.717) is 6.54 Å². The topological polar surface area (TPSA) is 67.7 Å². The number of ether oxygens (including phenoxy) is 1. The van der Waals surface area contributed by atoms with Crippen molar-refractivity contribution in [2.24, 2.45) is 0 Å². The summed E-state index contributed by atoms with van der Waals surface area (Å²) in [5, 5.41) is 4.46. The number of carbonyl (C=O) groups is 2. The molecule has 1 aliphatic carbocycles. The van der Waals surface area contributed by atoms with E-state index < -0.39 is 6.10 Å². The van der Waals surface area contributed by atoms with Gasteiger partial charge in [0.05, 0.1) is 11.7 Å². The van der Waals surface area contributed by atoms with E-state index in [1.54, 1.807) is 11.9 Å². The monoisotopic (exact) mass is 396 g/mol. The molecule has 2 unspecified atom stereocenters. The SMILES string of the molecule is CCn1cc(CN(C)C(=O)C2OCC(=O)N(C3CC3)C2c2ccccc2)c(C)n1. The maximum absolute atomic E-state index is 13.4. The lowest BCUT2D eigenvalue weighted by Crippen LogP contribution is -2.55. The first kappa shape index (κ1) is 19.6. The Kier molecular flexibility index (Phi) is 5.41. The van der Waals surface area contributed by atoms with Gasteiger partial charge in [-0.2, -0.15) is 5.10 Å². The van der Waals surface area contributed by atoms with Crippen LogP contribution in [0.25, 0.3) is 0 Å². The van der Waals surface area contributed by atoms with Crippen LogP contribution in [-0.4, -0.2) is 57.2 Å². The molecule has 2 aliphatic rings. The second-order valence-electron chi connectivity index (χ2n) is 7.91. The molecule has 2 fully saturated rings. The standard InChI is InChI=1S/C22H28N4O3/c1-4-25-13-17(15(2)23-25)12-24(3)22(28)21-20(16-8-6-5-7-9-16)26(18-10-11-18)19(27)14-29-21/h5-9,13,18,20-21H,4,10-12,14H2,1-3H3. The van der Waals surface area contributed by atoms with Crippen molar-refractivity contribution in [1.82, 2.24) is 19.6 Å². The Bertz CT molecular complexity index is 891. The van der Waals surface area contributed by atoms with Gasteiger partial charge in [-0.15, -0.1) is 0 Å². The molecule has 2 heterocycles. The second kappa shape index (κ2) is 7.99. The van der Waals surface area contributed by atoms with E-state index in [1.807, 2.05) is 60.0 Å². The Hall–Kier alpha value is -2.67. The number of hydrogen-bond acceptors (Lipinski definition) is 4. The minimum atomic E-state index is -0.706. The Labute approximate surface area is 171 Å². The van der Waals surface area contributed by atoms with Gasteiger partial charge in [-0.3, -0.25) is 14.3 Å². The van der Waals surface area contributed by atoms with Gasteiger partial charge in [-0.25, -0.2) is 0 Å². The average Bonchev–Trinajstić information content (AvgIpc) is 3.51. The van der Waals surface area contributed by atoms with Crippen LogP contribution in [0.3, 0.4) is 0 Å². The molecule has 1 aromatic carbocycles. The van der Waals surface area contributed by atoms with Gasteiger partial charge in [0.2, 0.25) is 5.91 Å². The predicted molar refractivity (Wildman–Crippen MR) is 108 cm³/mol. The van der Waals surface area contributed by atoms with Crippen LogP contribution in [0.15, 0.2) is 36.5 Å². The lowest BCUT2D eigenvalue weighted by atomic mass is 9.96. The smallest absolute Gasteiger partial charge is 0.254 e. The Morgan fingerprint density at radius 2 is 2.00 bits per heavy atom. The summed E-state index contributed by atoms with van der Waals surface area (Å²) in [5.74, 6) is -0.145. The molecule has 0 bridgehead atoms. The van der Waals surface area contributed by atoms with Crippen molar-refractivity contribution in [2.75, 3.05) is 13.7 Å². The summed E-state index contributed by atoms with van der Waals surface area (Å²) in [6.45, 7) is 5.20. The summed E-state index contributed by atoms with van der Waals surface area (Å²) >= 11 is 0. The molecular formula is C22H28N4O3. The van der Waals surface area contributed by atoms with Crippen molar-refractivity contribution in [3.8, 4) is 0 Å². The van der Waals surface area contributed by atoms with Gasteiger partial charge in [0.1, 0.15) is 6.61 Å². The van der Waals surface area contributed by atoms with Crippen LogP contribution in [0.1, 0.15) is 42.6 Å². The molecule has 0 radical (unpaired) electrons. The van der Waals surface area contributed by atoms with Gasteiger partial charge in [-0.05, 0) is 32.3 Å². The quantitative estimate of drug-likeness (QED) is 0.751. The normalized spacial score (nSPS) is 22.0. The van der Waals surface area contributed by atoms with Crippen molar-refractivity contribution in [3.05, 3.63) is 53.3 Å². The molecule has 0 N–H and O–H groups in total. The van der Waals surface area contributed by atoms with Gasteiger partial charge in [0.25, 0.3) is 5.91 Å². The third-order valence-electron chi connectivity index (χ3n) is 5.74.